The van der Waals surface area contributed by atoms with Crippen molar-refractivity contribution in [1.29, 1.82) is 0 Å². The lowest BCUT2D eigenvalue weighted by Crippen LogP contribution is -1.92. The number of hydrogen-bond donors (Lipinski definition) is 0. The van der Waals surface area contributed by atoms with Gasteiger partial charge in [-0.2, -0.15) is 0 Å². The van der Waals surface area contributed by atoms with E-state index in [1.54, 1.807) is 0 Å². The summed E-state index contributed by atoms with van der Waals surface area (Å²) in [6.07, 6.45) is 1.97. The van der Waals surface area contributed by atoms with E-state index < -0.39 is 0 Å². The van der Waals surface area contributed by atoms with Gasteiger partial charge in [-0.25, -0.2) is 4.98 Å². The summed E-state index contributed by atoms with van der Waals surface area (Å²) in [5.74, 6) is 0. The van der Waals surface area contributed by atoms with Crippen molar-refractivity contribution in [2.24, 2.45) is 0 Å². The van der Waals surface area contributed by atoms with E-state index in [0.29, 0.717) is 0 Å². The third-order valence-corrected chi connectivity index (χ3v) is 8.46. The Kier molecular flexibility index (Phi) is 4.13. The number of hydrogen-bond acceptors (Lipinski definition) is 2. The Bertz CT molecular complexity index is 2100. The van der Waals surface area contributed by atoms with Crippen LogP contribution in [0.2, 0.25) is 0 Å². The van der Waals surface area contributed by atoms with Crippen LogP contribution in [0.1, 0.15) is 0 Å². The van der Waals surface area contributed by atoms with Crippen LogP contribution < -0.4 is 0 Å². The Morgan fingerprint density at radius 3 is 2.31 bits per heavy atom. The minimum Gasteiger partial charge on any atom is -0.299 e. The number of fused-ring (bicyclic) bond motifs is 8. The Labute approximate surface area is 211 Å². The van der Waals surface area contributed by atoms with E-state index in [4.69, 9.17) is 4.98 Å². The molecule has 0 atom stereocenters. The second-order valence-electron chi connectivity index (χ2n) is 9.27. The number of nitrogens with zero attached hydrogens (tertiary/aromatic N) is 2. The fraction of sp³-hybridized carbons (Fsp3) is 0. The summed E-state index contributed by atoms with van der Waals surface area (Å²) in [5, 5.41) is 7.61. The molecule has 0 aliphatic rings. The average Bonchev–Trinajstić information content (AvgIpc) is 3.54. The van der Waals surface area contributed by atoms with Gasteiger partial charge in [0.15, 0.2) is 0 Å². The quantitative estimate of drug-likeness (QED) is 0.243. The van der Waals surface area contributed by atoms with Gasteiger partial charge >= 0.3 is 0 Å². The molecule has 0 fully saturated rings. The van der Waals surface area contributed by atoms with E-state index in [1.165, 1.54) is 52.8 Å². The van der Waals surface area contributed by atoms with E-state index in [2.05, 4.69) is 120 Å². The average molecular weight is 477 g/mol. The van der Waals surface area contributed by atoms with Crippen molar-refractivity contribution in [1.82, 2.24) is 9.55 Å². The van der Waals surface area contributed by atoms with Crippen LogP contribution in [0, 0.1) is 0 Å². The normalized spacial score (nSPS) is 11.9. The Morgan fingerprint density at radius 1 is 0.611 bits per heavy atom. The number of para-hydroxylation sites is 1. The van der Waals surface area contributed by atoms with Crippen LogP contribution in [0.3, 0.4) is 0 Å². The standard InChI is InChI=1S/C33H20N2S/c1-2-10-24(11-3-1)35-20-34-32-29(35)19-28(23-15-14-21-8-4-5-9-22(21)18-23)26-16-17-27-25-12-6-7-13-30(25)36-33(27)31(26)32/h1-20H. The predicted octanol–water partition coefficient (Wildman–Crippen LogP) is 9.37. The molecule has 0 spiro atoms. The van der Waals surface area contributed by atoms with E-state index in [0.717, 1.165) is 16.7 Å². The second kappa shape index (κ2) is 7.51. The molecule has 0 bridgehead atoms. The summed E-state index contributed by atoms with van der Waals surface area (Å²) >= 11 is 1.87. The van der Waals surface area contributed by atoms with Crippen molar-refractivity contribution in [3.05, 3.63) is 122 Å². The fourth-order valence-electron chi connectivity index (χ4n) is 5.54. The van der Waals surface area contributed by atoms with Gasteiger partial charge in [-0.1, -0.05) is 84.9 Å². The molecule has 36 heavy (non-hydrogen) atoms. The van der Waals surface area contributed by atoms with E-state index in [1.807, 2.05) is 17.7 Å². The lowest BCUT2D eigenvalue weighted by Gasteiger charge is -2.12. The highest BCUT2D eigenvalue weighted by atomic mass is 32.1. The highest BCUT2D eigenvalue weighted by Crippen LogP contribution is 2.44. The van der Waals surface area contributed by atoms with Crippen LogP contribution in [-0.2, 0) is 0 Å². The van der Waals surface area contributed by atoms with Crippen LogP contribution in [0.4, 0.5) is 0 Å². The zero-order chi connectivity index (χ0) is 23.6. The highest BCUT2D eigenvalue weighted by Gasteiger charge is 2.18. The lowest BCUT2D eigenvalue weighted by atomic mass is 9.94. The molecule has 6 aromatic carbocycles. The van der Waals surface area contributed by atoms with Crippen LogP contribution in [0.25, 0.3) is 69.6 Å². The van der Waals surface area contributed by atoms with Crippen molar-refractivity contribution < 1.29 is 0 Å². The summed E-state index contributed by atoms with van der Waals surface area (Å²) in [6, 6.07) is 41.5. The molecule has 0 saturated carbocycles. The van der Waals surface area contributed by atoms with E-state index in [9.17, 15) is 0 Å². The summed E-state index contributed by atoms with van der Waals surface area (Å²) < 4.78 is 4.83. The molecule has 0 saturated heterocycles. The maximum absolute atomic E-state index is 5.00. The molecule has 0 N–H and O–H groups in total. The number of aromatic nitrogens is 2. The van der Waals surface area contributed by atoms with Gasteiger partial charge in [0.05, 0.1) is 11.0 Å². The Morgan fingerprint density at radius 2 is 1.39 bits per heavy atom. The van der Waals surface area contributed by atoms with Gasteiger partial charge < -0.3 is 0 Å². The van der Waals surface area contributed by atoms with Crippen LogP contribution in [0.15, 0.2) is 122 Å². The molecular weight excluding hydrogens is 456 g/mol. The van der Waals surface area contributed by atoms with Gasteiger partial charge in [-0.05, 0) is 57.6 Å². The maximum atomic E-state index is 5.00. The third kappa shape index (κ3) is 2.81. The molecule has 3 heteroatoms. The van der Waals surface area contributed by atoms with Gasteiger partial charge in [-0.3, -0.25) is 4.57 Å². The first kappa shape index (κ1) is 19.8. The largest absolute Gasteiger partial charge is 0.299 e. The molecule has 0 aliphatic heterocycles. The molecule has 8 aromatic rings. The van der Waals surface area contributed by atoms with E-state index in [-0.39, 0.29) is 0 Å². The Hall–Kier alpha value is -4.47. The van der Waals surface area contributed by atoms with Crippen molar-refractivity contribution in [3.8, 4) is 16.8 Å². The highest BCUT2D eigenvalue weighted by molar-refractivity contribution is 7.26. The fourth-order valence-corrected chi connectivity index (χ4v) is 6.79. The van der Waals surface area contributed by atoms with Crippen molar-refractivity contribution in [2.45, 2.75) is 0 Å². The zero-order valence-electron chi connectivity index (χ0n) is 19.3. The van der Waals surface area contributed by atoms with Gasteiger partial charge in [0.2, 0.25) is 0 Å². The second-order valence-corrected chi connectivity index (χ2v) is 10.3. The maximum Gasteiger partial charge on any atom is 0.100 e. The number of imidazole rings is 1. The SMILES string of the molecule is c1ccc(-n2cnc3c4c(ccc5c6ccccc6sc54)c(-c4ccc5ccccc5c4)cc32)cc1. The van der Waals surface area contributed by atoms with Crippen molar-refractivity contribution >= 4 is 64.1 Å². The monoisotopic (exact) mass is 476 g/mol. The molecule has 0 unspecified atom stereocenters. The molecule has 2 heterocycles. The molecular formula is C33H20N2S. The third-order valence-electron chi connectivity index (χ3n) is 7.25. The van der Waals surface area contributed by atoms with Gasteiger partial charge in [0, 0.05) is 31.2 Å². The molecule has 2 nitrogen and oxygen atoms in total. The summed E-state index contributed by atoms with van der Waals surface area (Å²) in [6.45, 7) is 0. The summed E-state index contributed by atoms with van der Waals surface area (Å²) in [4.78, 5) is 5.00. The molecule has 2 aromatic heterocycles. The zero-order valence-corrected chi connectivity index (χ0v) is 20.2. The summed E-state index contributed by atoms with van der Waals surface area (Å²) in [7, 11) is 0. The smallest absolute Gasteiger partial charge is 0.100 e. The minimum absolute atomic E-state index is 1.05. The first-order valence-corrected chi connectivity index (χ1v) is 13.0. The van der Waals surface area contributed by atoms with Crippen LogP contribution >= 0.6 is 11.3 Å². The van der Waals surface area contributed by atoms with Gasteiger partial charge in [0.1, 0.15) is 6.33 Å². The first-order chi connectivity index (χ1) is 17.8. The summed E-state index contributed by atoms with van der Waals surface area (Å²) in [5.41, 5.74) is 5.76. The van der Waals surface area contributed by atoms with E-state index >= 15 is 0 Å². The number of thiophene rings is 1. The molecule has 0 amide bonds. The lowest BCUT2D eigenvalue weighted by molar-refractivity contribution is 1.09. The predicted molar refractivity (Wildman–Crippen MR) is 154 cm³/mol. The first-order valence-electron chi connectivity index (χ1n) is 12.1. The number of benzene rings is 6. The Balaban J connectivity index is 1.55. The van der Waals surface area contributed by atoms with Gasteiger partial charge in [0.25, 0.3) is 0 Å². The molecule has 0 radical (unpaired) electrons. The van der Waals surface area contributed by atoms with Crippen molar-refractivity contribution in [2.75, 3.05) is 0 Å². The molecule has 8 rings (SSSR count). The van der Waals surface area contributed by atoms with Crippen molar-refractivity contribution in [3.63, 3.8) is 0 Å². The van der Waals surface area contributed by atoms with Gasteiger partial charge in [-0.15, -0.1) is 11.3 Å². The number of rotatable bonds is 2. The van der Waals surface area contributed by atoms with Crippen LogP contribution in [-0.4, -0.2) is 9.55 Å². The topological polar surface area (TPSA) is 17.8 Å². The van der Waals surface area contributed by atoms with Crippen LogP contribution in [0.5, 0.6) is 0 Å². The molecule has 168 valence electrons. The minimum atomic E-state index is 1.05. The molecule has 0 aliphatic carbocycles.